The molecule has 0 unspecified atom stereocenters. The van der Waals surface area contributed by atoms with Crippen LogP contribution in [0.15, 0.2) is 72.8 Å². The van der Waals surface area contributed by atoms with Gasteiger partial charge >= 0.3 is 0 Å². The predicted octanol–water partition coefficient (Wildman–Crippen LogP) is 8.01. The molecule has 0 spiro atoms. The summed E-state index contributed by atoms with van der Waals surface area (Å²) < 4.78 is 0. The van der Waals surface area contributed by atoms with Crippen molar-refractivity contribution in [2.24, 2.45) is 0 Å². The minimum Gasteiger partial charge on any atom is -0.342 e. The molecule has 6 aromatic rings. The van der Waals surface area contributed by atoms with Crippen molar-refractivity contribution in [1.29, 1.82) is 0 Å². The van der Waals surface area contributed by atoms with E-state index in [1.165, 1.54) is 71.0 Å². The van der Waals surface area contributed by atoms with Crippen LogP contribution >= 0.6 is 0 Å². The van der Waals surface area contributed by atoms with E-state index in [-0.39, 0.29) is 0 Å². The fourth-order valence-corrected chi connectivity index (χ4v) is 6.54. The lowest BCUT2D eigenvalue weighted by molar-refractivity contribution is 0.614. The van der Waals surface area contributed by atoms with E-state index in [1.807, 2.05) is 0 Å². The third-order valence-electron chi connectivity index (χ3n) is 8.67. The Labute approximate surface area is 221 Å². The lowest BCUT2D eigenvalue weighted by Gasteiger charge is -2.07. The Morgan fingerprint density at radius 2 is 1.34 bits per heavy atom. The summed E-state index contributed by atoms with van der Waals surface area (Å²) in [4.78, 5) is 17.0. The fourth-order valence-electron chi connectivity index (χ4n) is 6.54. The summed E-state index contributed by atoms with van der Waals surface area (Å²) in [7, 11) is 0. The maximum atomic E-state index is 4.99. The molecular weight excluding hydrogens is 466 g/mol. The van der Waals surface area contributed by atoms with Crippen LogP contribution in [-0.2, 0) is 0 Å². The number of imidazole rings is 2. The van der Waals surface area contributed by atoms with Gasteiger partial charge in [-0.3, -0.25) is 0 Å². The van der Waals surface area contributed by atoms with Gasteiger partial charge in [0.05, 0.1) is 28.1 Å². The second-order valence-corrected chi connectivity index (χ2v) is 11.1. The fraction of sp³-hybridized carbons (Fsp3) is 0.273. The first-order valence-electron chi connectivity index (χ1n) is 14.0. The summed E-state index contributed by atoms with van der Waals surface area (Å²) in [6.07, 6.45) is 7.52. The summed E-state index contributed by atoms with van der Waals surface area (Å²) in [5, 5.41) is 5.97. The molecule has 3 N–H and O–H groups in total. The van der Waals surface area contributed by atoms with Gasteiger partial charge in [-0.25, -0.2) is 9.97 Å². The molecule has 1 atom stereocenters. The number of rotatable bonds is 4. The highest BCUT2D eigenvalue weighted by Crippen LogP contribution is 2.35. The molecule has 1 aliphatic heterocycles. The molecule has 188 valence electrons. The van der Waals surface area contributed by atoms with Gasteiger partial charge in [-0.1, -0.05) is 61.4 Å². The third kappa shape index (κ3) is 3.72. The Balaban J connectivity index is 1.09. The zero-order chi connectivity index (χ0) is 25.1. The van der Waals surface area contributed by atoms with E-state index in [4.69, 9.17) is 9.97 Å². The Morgan fingerprint density at radius 3 is 2.13 bits per heavy atom. The van der Waals surface area contributed by atoms with Gasteiger partial charge in [0.15, 0.2) is 0 Å². The van der Waals surface area contributed by atoms with Crippen LogP contribution in [0, 0.1) is 0 Å². The second-order valence-electron chi connectivity index (χ2n) is 11.1. The number of nitrogens with zero attached hydrogens (tertiary/aromatic N) is 2. The van der Waals surface area contributed by atoms with E-state index >= 15 is 0 Å². The molecular formula is C33H31N5. The van der Waals surface area contributed by atoms with Gasteiger partial charge in [0.25, 0.3) is 0 Å². The molecule has 8 rings (SSSR count). The SMILES string of the molecule is c1cc(-c2ccc3nc(C4CCCC4)[nH]c3c2)ccc1-c1ccc2c(ccc3[nH]c([C@@H]4CCCN4)nc32)c1. The van der Waals surface area contributed by atoms with Crippen molar-refractivity contribution < 1.29 is 0 Å². The Hall–Kier alpha value is -3.96. The minimum atomic E-state index is 0.346. The molecule has 5 nitrogen and oxygen atoms in total. The summed E-state index contributed by atoms with van der Waals surface area (Å²) >= 11 is 0. The highest BCUT2D eigenvalue weighted by atomic mass is 15.0. The molecule has 1 saturated carbocycles. The predicted molar refractivity (Wildman–Crippen MR) is 155 cm³/mol. The second kappa shape index (κ2) is 8.81. The Morgan fingerprint density at radius 1 is 0.605 bits per heavy atom. The van der Waals surface area contributed by atoms with E-state index < -0.39 is 0 Å². The standard InChI is InChI=1S/C33H31N5/c1-2-5-22(4-1)32-35-27-15-12-24(19-30(27)37-32)21-9-7-20(8-10-21)23-11-14-26-25(18-23)13-16-28-31(26)38-33(36-28)29-6-3-17-34-29/h7-16,18-19,22,29,34H,1-6,17H2,(H,35,37)(H,36,38)/t29-/m0/s1. The molecule has 0 bridgehead atoms. The van der Waals surface area contributed by atoms with Crippen LogP contribution in [0.1, 0.15) is 62.1 Å². The first-order valence-corrected chi connectivity index (χ1v) is 14.0. The van der Waals surface area contributed by atoms with Gasteiger partial charge in [0.1, 0.15) is 11.6 Å². The monoisotopic (exact) mass is 497 g/mol. The van der Waals surface area contributed by atoms with Crippen molar-refractivity contribution in [2.45, 2.75) is 50.5 Å². The van der Waals surface area contributed by atoms with Gasteiger partial charge in [-0.15, -0.1) is 0 Å². The van der Waals surface area contributed by atoms with Crippen LogP contribution < -0.4 is 5.32 Å². The lowest BCUT2D eigenvalue weighted by Crippen LogP contribution is -2.13. The van der Waals surface area contributed by atoms with Crippen molar-refractivity contribution in [1.82, 2.24) is 25.3 Å². The third-order valence-corrected chi connectivity index (χ3v) is 8.67. The van der Waals surface area contributed by atoms with E-state index in [1.54, 1.807) is 0 Å². The molecule has 0 amide bonds. The van der Waals surface area contributed by atoms with Crippen molar-refractivity contribution in [3.05, 3.63) is 84.4 Å². The van der Waals surface area contributed by atoms with E-state index in [2.05, 4.69) is 88.1 Å². The van der Waals surface area contributed by atoms with Gasteiger partial charge in [0, 0.05) is 11.3 Å². The first kappa shape index (κ1) is 22.1. The Bertz CT molecular complexity index is 1780. The van der Waals surface area contributed by atoms with Crippen LogP contribution in [0.3, 0.4) is 0 Å². The number of aromatic amines is 2. The molecule has 1 aliphatic carbocycles. The molecule has 2 aliphatic rings. The molecule has 2 fully saturated rings. The average molecular weight is 498 g/mol. The highest BCUT2D eigenvalue weighted by molar-refractivity contribution is 6.05. The van der Waals surface area contributed by atoms with Gasteiger partial charge in [0.2, 0.25) is 0 Å². The van der Waals surface area contributed by atoms with Crippen LogP contribution in [0.4, 0.5) is 0 Å². The topological polar surface area (TPSA) is 69.4 Å². The van der Waals surface area contributed by atoms with E-state index in [9.17, 15) is 0 Å². The zero-order valence-electron chi connectivity index (χ0n) is 21.4. The van der Waals surface area contributed by atoms with E-state index in [0.29, 0.717) is 12.0 Å². The normalized spacial score (nSPS) is 18.4. The van der Waals surface area contributed by atoms with Crippen molar-refractivity contribution in [3.63, 3.8) is 0 Å². The number of aromatic nitrogens is 4. The molecule has 2 aromatic heterocycles. The molecule has 38 heavy (non-hydrogen) atoms. The zero-order valence-corrected chi connectivity index (χ0v) is 21.4. The molecule has 5 heteroatoms. The summed E-state index contributed by atoms with van der Waals surface area (Å²) in [6.45, 7) is 1.07. The average Bonchev–Trinajstić information content (AvgIpc) is 3.78. The maximum absolute atomic E-state index is 4.99. The minimum absolute atomic E-state index is 0.346. The quantitative estimate of drug-likeness (QED) is 0.231. The Kier molecular flexibility index (Phi) is 5.12. The maximum Gasteiger partial charge on any atom is 0.124 e. The van der Waals surface area contributed by atoms with Crippen LogP contribution in [0.2, 0.25) is 0 Å². The number of nitrogens with one attached hydrogen (secondary N) is 3. The molecule has 0 radical (unpaired) electrons. The summed E-state index contributed by atoms with van der Waals surface area (Å²) in [5.74, 6) is 2.83. The smallest absolute Gasteiger partial charge is 0.124 e. The largest absolute Gasteiger partial charge is 0.342 e. The number of hydrogen-bond donors (Lipinski definition) is 3. The first-order chi connectivity index (χ1) is 18.8. The molecule has 3 heterocycles. The van der Waals surface area contributed by atoms with Crippen molar-refractivity contribution >= 4 is 32.8 Å². The van der Waals surface area contributed by atoms with E-state index in [0.717, 1.165) is 40.9 Å². The van der Waals surface area contributed by atoms with Crippen molar-refractivity contribution in [3.8, 4) is 22.3 Å². The molecule has 1 saturated heterocycles. The molecule has 4 aromatic carbocycles. The van der Waals surface area contributed by atoms with Crippen LogP contribution in [0.25, 0.3) is 55.1 Å². The number of benzene rings is 4. The van der Waals surface area contributed by atoms with Crippen LogP contribution in [0.5, 0.6) is 0 Å². The van der Waals surface area contributed by atoms with Crippen molar-refractivity contribution in [2.75, 3.05) is 6.54 Å². The van der Waals surface area contributed by atoms with Gasteiger partial charge in [-0.05, 0) is 84.1 Å². The summed E-state index contributed by atoms with van der Waals surface area (Å²) in [6, 6.07) is 27.0. The summed E-state index contributed by atoms with van der Waals surface area (Å²) in [5.41, 5.74) is 9.28. The van der Waals surface area contributed by atoms with Crippen LogP contribution in [-0.4, -0.2) is 26.5 Å². The number of H-pyrrole nitrogens is 2. The van der Waals surface area contributed by atoms with Gasteiger partial charge < -0.3 is 15.3 Å². The number of hydrogen-bond acceptors (Lipinski definition) is 3. The highest BCUT2D eigenvalue weighted by Gasteiger charge is 2.21. The lowest BCUT2D eigenvalue weighted by atomic mass is 9.98. The number of fused-ring (bicyclic) bond motifs is 4. The van der Waals surface area contributed by atoms with Gasteiger partial charge in [-0.2, -0.15) is 0 Å².